The van der Waals surface area contributed by atoms with Crippen LogP contribution in [0.2, 0.25) is 0 Å². The van der Waals surface area contributed by atoms with E-state index in [1.165, 1.54) is 0 Å². The Hall–Kier alpha value is -2.20. The van der Waals surface area contributed by atoms with E-state index in [0.717, 1.165) is 28.3 Å². The fraction of sp³-hybridized carbons (Fsp3) is 0.250. The predicted octanol–water partition coefficient (Wildman–Crippen LogP) is 3.17. The first kappa shape index (κ1) is 12.8. The number of ether oxygens (including phenoxy) is 3. The van der Waals surface area contributed by atoms with Gasteiger partial charge in [0.15, 0.2) is 11.5 Å². The number of hydrogen-bond acceptors (Lipinski definition) is 4. The van der Waals surface area contributed by atoms with Gasteiger partial charge in [0, 0.05) is 24.9 Å². The second kappa shape index (κ2) is 5.84. The summed E-state index contributed by atoms with van der Waals surface area (Å²) < 4.78 is 16.0. The molecule has 0 unspecified atom stereocenters. The maximum Gasteiger partial charge on any atom is 0.231 e. The molecule has 1 aliphatic heterocycles. The van der Waals surface area contributed by atoms with Gasteiger partial charge in [-0.05, 0) is 23.8 Å². The zero-order valence-electron chi connectivity index (χ0n) is 11.4. The smallest absolute Gasteiger partial charge is 0.231 e. The van der Waals surface area contributed by atoms with Crippen LogP contribution in [0, 0.1) is 0 Å². The minimum Gasteiger partial charge on any atom is -0.454 e. The summed E-state index contributed by atoms with van der Waals surface area (Å²) in [6.07, 6.45) is 0. The zero-order chi connectivity index (χ0) is 13.8. The molecule has 1 heterocycles. The van der Waals surface area contributed by atoms with Gasteiger partial charge in [0.2, 0.25) is 6.79 Å². The second-order valence-electron chi connectivity index (χ2n) is 4.64. The molecular formula is C16H17NO3. The molecule has 4 heteroatoms. The first-order chi connectivity index (χ1) is 9.86. The summed E-state index contributed by atoms with van der Waals surface area (Å²) in [6.45, 7) is 1.62. The van der Waals surface area contributed by atoms with Crippen LogP contribution in [-0.4, -0.2) is 13.9 Å². The van der Waals surface area contributed by atoms with Crippen LogP contribution < -0.4 is 14.8 Å². The minimum atomic E-state index is 0.301. The van der Waals surface area contributed by atoms with Gasteiger partial charge in [-0.25, -0.2) is 0 Å². The highest BCUT2D eigenvalue weighted by Gasteiger charge is 2.16. The van der Waals surface area contributed by atoms with Crippen LogP contribution in [0.1, 0.15) is 11.1 Å². The molecule has 4 nitrogen and oxygen atoms in total. The van der Waals surface area contributed by atoms with Crippen LogP contribution in [0.3, 0.4) is 0 Å². The Balaban J connectivity index is 1.71. The molecule has 0 fully saturated rings. The molecule has 0 atom stereocenters. The number of rotatable bonds is 5. The van der Waals surface area contributed by atoms with Crippen molar-refractivity contribution in [2.75, 3.05) is 19.2 Å². The largest absolute Gasteiger partial charge is 0.454 e. The quantitative estimate of drug-likeness (QED) is 0.906. The number of para-hydroxylation sites is 1. The summed E-state index contributed by atoms with van der Waals surface area (Å²) in [5, 5.41) is 3.40. The molecular weight excluding hydrogens is 254 g/mol. The lowest BCUT2D eigenvalue weighted by Gasteiger charge is -2.10. The lowest BCUT2D eigenvalue weighted by atomic mass is 10.1. The third-order valence-electron chi connectivity index (χ3n) is 3.20. The topological polar surface area (TPSA) is 39.7 Å². The van der Waals surface area contributed by atoms with Crippen molar-refractivity contribution in [2.24, 2.45) is 0 Å². The fourth-order valence-corrected chi connectivity index (χ4v) is 2.26. The lowest BCUT2D eigenvalue weighted by molar-refractivity contribution is 0.173. The molecule has 0 amide bonds. The summed E-state index contributed by atoms with van der Waals surface area (Å²) in [4.78, 5) is 0. The Labute approximate surface area is 118 Å². The van der Waals surface area contributed by atoms with Crippen molar-refractivity contribution in [2.45, 2.75) is 13.2 Å². The number of nitrogens with one attached hydrogen (secondary N) is 1. The van der Waals surface area contributed by atoms with E-state index in [1.807, 2.05) is 36.4 Å². The van der Waals surface area contributed by atoms with Gasteiger partial charge in [-0.2, -0.15) is 0 Å². The number of anilines is 1. The molecule has 20 heavy (non-hydrogen) atoms. The van der Waals surface area contributed by atoms with E-state index >= 15 is 0 Å². The first-order valence-electron chi connectivity index (χ1n) is 6.56. The van der Waals surface area contributed by atoms with Gasteiger partial charge < -0.3 is 19.5 Å². The summed E-state index contributed by atoms with van der Waals surface area (Å²) in [7, 11) is 1.70. The fourth-order valence-electron chi connectivity index (χ4n) is 2.26. The number of fused-ring (bicyclic) bond motifs is 1. The monoisotopic (exact) mass is 271 g/mol. The zero-order valence-corrected chi connectivity index (χ0v) is 11.4. The highest BCUT2D eigenvalue weighted by Crippen LogP contribution is 2.35. The van der Waals surface area contributed by atoms with Crippen molar-refractivity contribution < 1.29 is 14.2 Å². The van der Waals surface area contributed by atoms with Crippen LogP contribution in [0.4, 0.5) is 5.69 Å². The van der Waals surface area contributed by atoms with E-state index in [2.05, 4.69) is 11.4 Å². The number of benzene rings is 2. The molecule has 0 spiro atoms. The maximum absolute atomic E-state index is 5.50. The van der Waals surface area contributed by atoms with Crippen LogP contribution in [0.15, 0.2) is 42.5 Å². The van der Waals surface area contributed by atoms with E-state index in [1.54, 1.807) is 7.11 Å². The van der Waals surface area contributed by atoms with Gasteiger partial charge in [-0.1, -0.05) is 24.3 Å². The Kier molecular flexibility index (Phi) is 3.74. The van der Waals surface area contributed by atoms with Crippen molar-refractivity contribution in [1.29, 1.82) is 0 Å². The van der Waals surface area contributed by atoms with E-state index in [4.69, 9.17) is 14.2 Å². The van der Waals surface area contributed by atoms with Gasteiger partial charge in [-0.3, -0.25) is 0 Å². The normalized spacial score (nSPS) is 12.4. The Bertz CT molecular complexity index is 598. The van der Waals surface area contributed by atoms with Crippen LogP contribution in [-0.2, 0) is 17.9 Å². The predicted molar refractivity (Wildman–Crippen MR) is 77.0 cm³/mol. The van der Waals surface area contributed by atoms with E-state index in [0.29, 0.717) is 19.9 Å². The molecule has 2 aromatic carbocycles. The number of hydrogen-bond donors (Lipinski definition) is 1. The van der Waals surface area contributed by atoms with Crippen molar-refractivity contribution in [1.82, 2.24) is 0 Å². The van der Waals surface area contributed by atoms with Crippen LogP contribution in [0.5, 0.6) is 11.5 Å². The van der Waals surface area contributed by atoms with Crippen molar-refractivity contribution >= 4 is 5.69 Å². The molecule has 0 aliphatic carbocycles. The number of methoxy groups -OCH3 is 1. The van der Waals surface area contributed by atoms with Gasteiger partial charge >= 0.3 is 0 Å². The van der Waals surface area contributed by atoms with Gasteiger partial charge in [0.25, 0.3) is 0 Å². The highest BCUT2D eigenvalue weighted by molar-refractivity contribution is 5.51. The van der Waals surface area contributed by atoms with Gasteiger partial charge in [0.05, 0.1) is 6.61 Å². The molecule has 3 rings (SSSR count). The molecule has 1 N–H and O–H groups in total. The Morgan fingerprint density at radius 2 is 2.05 bits per heavy atom. The third-order valence-corrected chi connectivity index (χ3v) is 3.20. The minimum absolute atomic E-state index is 0.301. The lowest BCUT2D eigenvalue weighted by Crippen LogP contribution is -2.01. The SMILES string of the molecule is COCc1cccc(NCc2cccc3c2OCO3)c1. The summed E-state index contributed by atoms with van der Waals surface area (Å²) in [5.74, 6) is 1.66. The molecule has 104 valence electrons. The van der Waals surface area contributed by atoms with Crippen molar-refractivity contribution in [3.05, 3.63) is 53.6 Å². The molecule has 1 aliphatic rings. The molecule has 2 aromatic rings. The van der Waals surface area contributed by atoms with E-state index in [9.17, 15) is 0 Å². The van der Waals surface area contributed by atoms with Crippen molar-refractivity contribution in [3.63, 3.8) is 0 Å². The second-order valence-corrected chi connectivity index (χ2v) is 4.64. The molecule has 0 aromatic heterocycles. The molecule has 0 saturated carbocycles. The first-order valence-corrected chi connectivity index (χ1v) is 6.56. The highest BCUT2D eigenvalue weighted by atomic mass is 16.7. The maximum atomic E-state index is 5.50. The van der Waals surface area contributed by atoms with E-state index < -0.39 is 0 Å². The van der Waals surface area contributed by atoms with Crippen LogP contribution in [0.25, 0.3) is 0 Å². The standard InChI is InChI=1S/C16H17NO3/c1-18-10-12-4-2-6-14(8-12)17-9-13-5-3-7-15-16(13)20-11-19-15/h2-8,17H,9-11H2,1H3. The van der Waals surface area contributed by atoms with Gasteiger partial charge in [-0.15, -0.1) is 0 Å². The molecule has 0 bridgehead atoms. The van der Waals surface area contributed by atoms with Crippen LogP contribution >= 0.6 is 0 Å². The van der Waals surface area contributed by atoms with Crippen molar-refractivity contribution in [3.8, 4) is 11.5 Å². The average Bonchev–Trinajstić information content (AvgIpc) is 2.95. The third kappa shape index (κ3) is 2.70. The average molecular weight is 271 g/mol. The van der Waals surface area contributed by atoms with Gasteiger partial charge in [0.1, 0.15) is 0 Å². The molecule has 0 saturated heterocycles. The summed E-state index contributed by atoms with van der Waals surface area (Å²) >= 11 is 0. The molecule has 0 radical (unpaired) electrons. The Morgan fingerprint density at radius 1 is 1.15 bits per heavy atom. The summed E-state index contributed by atoms with van der Waals surface area (Å²) in [6, 6.07) is 14.1. The summed E-state index contributed by atoms with van der Waals surface area (Å²) in [5.41, 5.74) is 3.31. The van der Waals surface area contributed by atoms with E-state index in [-0.39, 0.29) is 0 Å². The Morgan fingerprint density at radius 3 is 2.95 bits per heavy atom.